The van der Waals surface area contributed by atoms with Crippen LogP contribution in [0.4, 0.5) is 0 Å². The lowest BCUT2D eigenvalue weighted by atomic mass is 9.88. The van der Waals surface area contributed by atoms with Crippen LogP contribution in [0.5, 0.6) is 0 Å². The molecule has 1 saturated heterocycles. The van der Waals surface area contributed by atoms with Gasteiger partial charge in [0.05, 0.1) is 25.4 Å². The van der Waals surface area contributed by atoms with Gasteiger partial charge in [-0.1, -0.05) is 43.1 Å². The second-order valence-corrected chi connectivity index (χ2v) is 9.92. The molecular formula is C25H41NO3. The van der Waals surface area contributed by atoms with Crippen molar-refractivity contribution in [1.82, 2.24) is 4.90 Å². The Kier molecular flexibility index (Phi) is 7.85. The molecule has 4 heteroatoms. The standard InChI is InChI=1S/C25H41NO3/c27-24(20-7-3-4-8-20)10-9-22-23-17-19(16-21(23)18-25(22)28)6-2-1-5-11-26-12-14-29-15-13-26/h9-10,16,20-25,27-28H,1-8,11-15,17-18H2/b10-9+/t21-,22+,23-,24+,25+/m0/s1. The lowest BCUT2D eigenvalue weighted by molar-refractivity contribution is 0.0371. The first-order valence-electron chi connectivity index (χ1n) is 12.2. The Labute approximate surface area is 177 Å². The minimum Gasteiger partial charge on any atom is -0.392 e. The van der Waals surface area contributed by atoms with Gasteiger partial charge in [-0.3, -0.25) is 4.90 Å². The van der Waals surface area contributed by atoms with Crippen molar-refractivity contribution in [1.29, 1.82) is 0 Å². The van der Waals surface area contributed by atoms with Gasteiger partial charge in [0.15, 0.2) is 0 Å². The van der Waals surface area contributed by atoms with Crippen LogP contribution in [-0.2, 0) is 4.74 Å². The monoisotopic (exact) mass is 403 g/mol. The third-order valence-corrected chi connectivity index (χ3v) is 7.94. The van der Waals surface area contributed by atoms with Crippen molar-refractivity contribution in [2.24, 2.45) is 23.7 Å². The fourth-order valence-corrected chi connectivity index (χ4v) is 6.18. The molecule has 164 valence electrons. The van der Waals surface area contributed by atoms with Gasteiger partial charge in [0.1, 0.15) is 0 Å². The Bertz CT molecular complexity index is 562. The van der Waals surface area contributed by atoms with Gasteiger partial charge >= 0.3 is 0 Å². The Morgan fingerprint density at radius 2 is 1.93 bits per heavy atom. The molecule has 0 aromatic rings. The molecule has 4 aliphatic rings. The van der Waals surface area contributed by atoms with E-state index in [-0.39, 0.29) is 18.1 Å². The third-order valence-electron chi connectivity index (χ3n) is 7.94. The first kappa shape index (κ1) is 21.5. The number of hydrogen-bond donors (Lipinski definition) is 2. The van der Waals surface area contributed by atoms with Crippen LogP contribution in [0.3, 0.4) is 0 Å². The lowest BCUT2D eigenvalue weighted by Crippen LogP contribution is -2.36. The fraction of sp³-hybridized carbons (Fsp3) is 0.840. The van der Waals surface area contributed by atoms with Crippen molar-refractivity contribution in [2.45, 2.75) is 76.4 Å². The maximum Gasteiger partial charge on any atom is 0.0749 e. The molecule has 4 nitrogen and oxygen atoms in total. The normalized spacial score (nSPS) is 34.8. The summed E-state index contributed by atoms with van der Waals surface area (Å²) in [6.07, 6.45) is 18.1. The third kappa shape index (κ3) is 5.72. The summed E-state index contributed by atoms with van der Waals surface area (Å²) >= 11 is 0. The van der Waals surface area contributed by atoms with E-state index in [4.69, 9.17) is 4.74 Å². The van der Waals surface area contributed by atoms with Gasteiger partial charge in [-0.25, -0.2) is 0 Å². The molecule has 0 aromatic carbocycles. The van der Waals surface area contributed by atoms with Crippen LogP contribution in [0.15, 0.2) is 23.8 Å². The maximum atomic E-state index is 10.6. The van der Waals surface area contributed by atoms with Crippen LogP contribution in [0.1, 0.15) is 64.2 Å². The summed E-state index contributed by atoms with van der Waals surface area (Å²) in [6, 6.07) is 0. The molecule has 1 heterocycles. The Balaban J connectivity index is 1.17. The van der Waals surface area contributed by atoms with Gasteiger partial charge in [-0.15, -0.1) is 0 Å². The van der Waals surface area contributed by atoms with Crippen LogP contribution in [-0.4, -0.2) is 60.2 Å². The highest BCUT2D eigenvalue weighted by Gasteiger charge is 2.43. The molecule has 0 aromatic heterocycles. The van der Waals surface area contributed by atoms with Gasteiger partial charge in [-0.2, -0.15) is 0 Å². The Morgan fingerprint density at radius 1 is 1.14 bits per heavy atom. The van der Waals surface area contributed by atoms with Crippen molar-refractivity contribution in [3.05, 3.63) is 23.8 Å². The summed E-state index contributed by atoms with van der Waals surface area (Å²) in [7, 11) is 0. The SMILES string of the molecule is O[C@H](/C=C/[C@@H]1[C@H]2CC(CCCCCN3CCOCC3)=C[C@H]2C[C@H]1O)C1CCCC1. The van der Waals surface area contributed by atoms with Gasteiger partial charge < -0.3 is 14.9 Å². The highest BCUT2D eigenvalue weighted by molar-refractivity contribution is 5.21. The number of hydrogen-bond acceptors (Lipinski definition) is 4. The molecule has 0 bridgehead atoms. The summed E-state index contributed by atoms with van der Waals surface area (Å²) in [4.78, 5) is 2.53. The van der Waals surface area contributed by atoms with Crippen molar-refractivity contribution >= 4 is 0 Å². The van der Waals surface area contributed by atoms with Gasteiger partial charge in [0, 0.05) is 19.0 Å². The van der Waals surface area contributed by atoms with Crippen LogP contribution < -0.4 is 0 Å². The molecule has 0 unspecified atom stereocenters. The second kappa shape index (κ2) is 10.6. The Hall–Kier alpha value is -0.680. The molecule has 2 saturated carbocycles. The van der Waals surface area contributed by atoms with E-state index >= 15 is 0 Å². The molecule has 3 fully saturated rings. The molecule has 4 rings (SSSR count). The number of allylic oxidation sites excluding steroid dienone is 2. The predicted molar refractivity (Wildman–Crippen MR) is 117 cm³/mol. The van der Waals surface area contributed by atoms with E-state index < -0.39 is 0 Å². The van der Waals surface area contributed by atoms with Gasteiger partial charge in [0.25, 0.3) is 0 Å². The van der Waals surface area contributed by atoms with Crippen molar-refractivity contribution in [3.63, 3.8) is 0 Å². The summed E-state index contributed by atoms with van der Waals surface area (Å²) in [6.45, 7) is 5.21. The molecule has 5 atom stereocenters. The van der Waals surface area contributed by atoms with Crippen molar-refractivity contribution in [3.8, 4) is 0 Å². The van der Waals surface area contributed by atoms with Gasteiger partial charge in [0.2, 0.25) is 0 Å². The maximum absolute atomic E-state index is 10.6. The molecule has 0 radical (unpaired) electrons. The van der Waals surface area contributed by atoms with Crippen LogP contribution in [0, 0.1) is 23.7 Å². The summed E-state index contributed by atoms with van der Waals surface area (Å²) in [5.41, 5.74) is 1.62. The van der Waals surface area contributed by atoms with Crippen molar-refractivity contribution in [2.75, 3.05) is 32.8 Å². The fourth-order valence-electron chi connectivity index (χ4n) is 6.18. The van der Waals surface area contributed by atoms with Gasteiger partial charge in [-0.05, 0) is 69.2 Å². The minimum absolute atomic E-state index is 0.228. The van der Waals surface area contributed by atoms with Crippen LogP contribution in [0.2, 0.25) is 0 Å². The number of nitrogens with zero attached hydrogens (tertiary/aromatic N) is 1. The quantitative estimate of drug-likeness (QED) is 0.452. The van der Waals surface area contributed by atoms with Crippen LogP contribution >= 0.6 is 0 Å². The largest absolute Gasteiger partial charge is 0.392 e. The number of unbranched alkanes of at least 4 members (excludes halogenated alkanes) is 2. The molecule has 0 spiro atoms. The molecular weight excluding hydrogens is 362 g/mol. The minimum atomic E-state index is -0.316. The Morgan fingerprint density at radius 3 is 2.72 bits per heavy atom. The van der Waals surface area contributed by atoms with E-state index in [1.807, 2.05) is 6.08 Å². The van der Waals surface area contributed by atoms with E-state index in [0.717, 1.165) is 52.0 Å². The smallest absolute Gasteiger partial charge is 0.0749 e. The van der Waals surface area contributed by atoms with E-state index in [9.17, 15) is 10.2 Å². The first-order valence-corrected chi connectivity index (χ1v) is 12.2. The second-order valence-electron chi connectivity index (χ2n) is 9.92. The lowest BCUT2D eigenvalue weighted by Gasteiger charge is -2.26. The van der Waals surface area contributed by atoms with E-state index in [0.29, 0.717) is 17.8 Å². The zero-order valence-electron chi connectivity index (χ0n) is 18.1. The number of rotatable bonds is 9. The molecule has 0 amide bonds. The molecule has 1 aliphatic heterocycles. The first-order chi connectivity index (χ1) is 14.2. The van der Waals surface area contributed by atoms with Crippen molar-refractivity contribution < 1.29 is 14.9 Å². The average molecular weight is 404 g/mol. The number of aliphatic hydroxyl groups excluding tert-OH is 2. The average Bonchev–Trinajstić information content (AvgIpc) is 3.44. The number of fused-ring (bicyclic) bond motifs is 1. The summed E-state index contributed by atoms with van der Waals surface area (Å²) in [5, 5.41) is 21.0. The zero-order chi connectivity index (χ0) is 20.1. The highest BCUT2D eigenvalue weighted by atomic mass is 16.5. The van der Waals surface area contributed by atoms with Crippen LogP contribution in [0.25, 0.3) is 0 Å². The molecule has 2 N–H and O–H groups in total. The highest BCUT2D eigenvalue weighted by Crippen LogP contribution is 2.48. The summed E-state index contributed by atoms with van der Waals surface area (Å²) < 4.78 is 5.42. The molecule has 3 aliphatic carbocycles. The zero-order valence-corrected chi connectivity index (χ0v) is 18.1. The number of ether oxygens (including phenoxy) is 1. The number of morpholine rings is 1. The van der Waals surface area contributed by atoms with E-state index in [1.54, 1.807) is 5.57 Å². The summed E-state index contributed by atoms with van der Waals surface area (Å²) in [5.74, 6) is 1.77. The topological polar surface area (TPSA) is 52.9 Å². The van der Waals surface area contributed by atoms with E-state index in [1.165, 1.54) is 45.1 Å². The van der Waals surface area contributed by atoms with E-state index in [2.05, 4.69) is 17.1 Å². The molecule has 29 heavy (non-hydrogen) atoms. The number of aliphatic hydroxyl groups is 2. The predicted octanol–water partition coefficient (Wildman–Crippen LogP) is 3.93.